The van der Waals surface area contributed by atoms with Gasteiger partial charge in [-0.25, -0.2) is 0 Å². The number of amides is 1. The number of fused-ring (bicyclic) bond motifs is 1. The maximum absolute atomic E-state index is 12.5. The monoisotopic (exact) mass is 288 g/mol. The predicted molar refractivity (Wildman–Crippen MR) is 76.2 cm³/mol. The number of nitrogens with one attached hydrogen (secondary N) is 1. The lowest BCUT2D eigenvalue weighted by atomic mass is 10.1. The summed E-state index contributed by atoms with van der Waals surface area (Å²) in [7, 11) is 0. The summed E-state index contributed by atoms with van der Waals surface area (Å²) < 4.78 is 5.38. The van der Waals surface area contributed by atoms with Crippen LogP contribution in [0, 0.1) is 0 Å². The van der Waals surface area contributed by atoms with Crippen LogP contribution in [0.1, 0.15) is 16.8 Å². The van der Waals surface area contributed by atoms with Crippen LogP contribution in [0.4, 0.5) is 0 Å². The fourth-order valence-corrected chi connectivity index (χ4v) is 2.59. The zero-order valence-corrected chi connectivity index (χ0v) is 11.4. The van der Waals surface area contributed by atoms with E-state index in [2.05, 4.69) is 4.98 Å². The van der Waals surface area contributed by atoms with Gasteiger partial charge in [-0.05, 0) is 23.6 Å². The number of carboxylic acid groups (broad SMARTS) is 1. The fraction of sp³-hybridized carbons (Fsp3) is 0.333. The second-order valence-corrected chi connectivity index (χ2v) is 5.12. The molecule has 1 unspecified atom stereocenters. The molecular formula is C15H16N2O4. The van der Waals surface area contributed by atoms with Gasteiger partial charge < -0.3 is 19.7 Å². The number of H-pyrrole nitrogens is 1. The van der Waals surface area contributed by atoms with Crippen molar-refractivity contribution < 1.29 is 19.4 Å². The molecule has 1 aromatic carbocycles. The van der Waals surface area contributed by atoms with Crippen LogP contribution in [0.25, 0.3) is 10.9 Å². The van der Waals surface area contributed by atoms with Gasteiger partial charge in [0.2, 0.25) is 0 Å². The van der Waals surface area contributed by atoms with Crippen LogP contribution >= 0.6 is 0 Å². The maximum Gasteiger partial charge on any atom is 0.306 e. The minimum absolute atomic E-state index is 0.0839. The minimum Gasteiger partial charge on any atom is -0.481 e. The van der Waals surface area contributed by atoms with Gasteiger partial charge in [0.15, 0.2) is 0 Å². The van der Waals surface area contributed by atoms with Crippen LogP contribution in [-0.2, 0) is 9.53 Å². The summed E-state index contributed by atoms with van der Waals surface area (Å²) in [5, 5.41) is 9.87. The number of aliphatic carboxylic acids is 1. The number of carbonyl (C=O) groups is 2. The van der Waals surface area contributed by atoms with Crippen molar-refractivity contribution in [3.05, 3.63) is 36.0 Å². The summed E-state index contributed by atoms with van der Waals surface area (Å²) in [6, 6.07) is 7.45. The second-order valence-electron chi connectivity index (χ2n) is 5.12. The molecule has 1 atom stereocenters. The quantitative estimate of drug-likeness (QED) is 0.896. The Morgan fingerprint density at radius 2 is 2.24 bits per heavy atom. The molecule has 110 valence electrons. The van der Waals surface area contributed by atoms with E-state index >= 15 is 0 Å². The van der Waals surface area contributed by atoms with Crippen molar-refractivity contribution in [3.63, 3.8) is 0 Å². The number of benzene rings is 1. The molecule has 1 amide bonds. The molecular weight excluding hydrogens is 272 g/mol. The Morgan fingerprint density at radius 1 is 1.38 bits per heavy atom. The molecule has 6 heteroatoms. The first-order chi connectivity index (χ1) is 10.1. The summed E-state index contributed by atoms with van der Waals surface area (Å²) in [6.45, 7) is 1.17. The lowest BCUT2D eigenvalue weighted by Gasteiger charge is -2.32. The van der Waals surface area contributed by atoms with E-state index in [0.717, 1.165) is 10.9 Å². The molecule has 1 aliphatic heterocycles. The van der Waals surface area contributed by atoms with Gasteiger partial charge in [0.1, 0.15) is 0 Å². The average molecular weight is 288 g/mol. The lowest BCUT2D eigenvalue weighted by Crippen LogP contribution is -2.46. The maximum atomic E-state index is 12.5. The number of rotatable bonds is 3. The van der Waals surface area contributed by atoms with Crippen molar-refractivity contribution in [2.24, 2.45) is 0 Å². The molecule has 0 radical (unpaired) electrons. The molecule has 0 bridgehead atoms. The van der Waals surface area contributed by atoms with Gasteiger partial charge in [0.05, 0.1) is 19.1 Å². The van der Waals surface area contributed by atoms with Crippen molar-refractivity contribution in [1.82, 2.24) is 9.88 Å². The molecule has 2 heterocycles. The van der Waals surface area contributed by atoms with E-state index in [4.69, 9.17) is 9.84 Å². The molecule has 2 N–H and O–H groups in total. The van der Waals surface area contributed by atoms with Crippen LogP contribution < -0.4 is 0 Å². The molecule has 1 aromatic heterocycles. The Kier molecular flexibility index (Phi) is 3.62. The highest BCUT2D eigenvalue weighted by atomic mass is 16.5. The Labute approximate surface area is 121 Å². The minimum atomic E-state index is -0.915. The molecule has 0 saturated carbocycles. The van der Waals surface area contributed by atoms with E-state index in [1.54, 1.807) is 11.0 Å². The van der Waals surface area contributed by atoms with Gasteiger partial charge >= 0.3 is 5.97 Å². The molecule has 6 nitrogen and oxygen atoms in total. The highest BCUT2D eigenvalue weighted by Crippen LogP contribution is 2.17. The van der Waals surface area contributed by atoms with Gasteiger partial charge in [-0.3, -0.25) is 9.59 Å². The first-order valence-electron chi connectivity index (χ1n) is 6.83. The van der Waals surface area contributed by atoms with Crippen LogP contribution in [0.3, 0.4) is 0 Å². The summed E-state index contributed by atoms with van der Waals surface area (Å²) in [4.78, 5) is 28.0. The van der Waals surface area contributed by atoms with Crippen LogP contribution in [0.2, 0.25) is 0 Å². The van der Waals surface area contributed by atoms with E-state index < -0.39 is 12.1 Å². The van der Waals surface area contributed by atoms with Crippen LogP contribution in [0.15, 0.2) is 30.5 Å². The Hall–Kier alpha value is -2.34. The molecule has 21 heavy (non-hydrogen) atoms. The zero-order valence-electron chi connectivity index (χ0n) is 11.4. The zero-order chi connectivity index (χ0) is 14.8. The number of carboxylic acids is 1. The van der Waals surface area contributed by atoms with E-state index in [1.165, 1.54) is 0 Å². The third-order valence-electron chi connectivity index (χ3n) is 3.63. The lowest BCUT2D eigenvalue weighted by molar-refractivity contribution is -0.141. The molecule has 3 rings (SSSR count). The third kappa shape index (κ3) is 2.90. The van der Waals surface area contributed by atoms with Gasteiger partial charge in [-0.1, -0.05) is 6.07 Å². The second kappa shape index (κ2) is 5.57. The van der Waals surface area contributed by atoms with Crippen LogP contribution in [0.5, 0.6) is 0 Å². The highest BCUT2D eigenvalue weighted by molar-refractivity contribution is 5.98. The molecule has 0 aliphatic carbocycles. The molecule has 1 saturated heterocycles. The fourth-order valence-electron chi connectivity index (χ4n) is 2.59. The summed E-state index contributed by atoms with van der Waals surface area (Å²) >= 11 is 0. The van der Waals surface area contributed by atoms with Crippen LogP contribution in [-0.4, -0.2) is 52.7 Å². The van der Waals surface area contributed by atoms with E-state index in [1.807, 2.05) is 24.4 Å². The first-order valence-corrected chi connectivity index (χ1v) is 6.83. The number of ether oxygens (including phenoxy) is 1. The number of nitrogens with zero attached hydrogens (tertiary/aromatic N) is 1. The summed E-state index contributed by atoms with van der Waals surface area (Å²) in [5.41, 5.74) is 1.51. The van der Waals surface area contributed by atoms with Crippen molar-refractivity contribution in [1.29, 1.82) is 0 Å². The number of carbonyl (C=O) groups excluding carboxylic acids is 1. The number of morpholine rings is 1. The number of hydrogen-bond acceptors (Lipinski definition) is 3. The Morgan fingerprint density at radius 3 is 3.05 bits per heavy atom. The van der Waals surface area contributed by atoms with Crippen molar-refractivity contribution >= 4 is 22.8 Å². The van der Waals surface area contributed by atoms with Gasteiger partial charge in [-0.2, -0.15) is 0 Å². The largest absolute Gasteiger partial charge is 0.481 e. The smallest absolute Gasteiger partial charge is 0.306 e. The third-order valence-corrected chi connectivity index (χ3v) is 3.63. The number of aromatic nitrogens is 1. The number of hydrogen-bond donors (Lipinski definition) is 2. The van der Waals surface area contributed by atoms with Gasteiger partial charge in [0.25, 0.3) is 5.91 Å². The molecule has 2 aromatic rings. The molecule has 1 fully saturated rings. The summed E-state index contributed by atoms with van der Waals surface area (Å²) in [5.74, 6) is -1.01. The van der Waals surface area contributed by atoms with E-state index in [-0.39, 0.29) is 12.3 Å². The molecule has 1 aliphatic rings. The molecule has 0 spiro atoms. The topological polar surface area (TPSA) is 82.6 Å². The van der Waals surface area contributed by atoms with E-state index in [0.29, 0.717) is 25.3 Å². The number of aromatic amines is 1. The van der Waals surface area contributed by atoms with E-state index in [9.17, 15) is 9.59 Å². The Balaban J connectivity index is 1.75. The van der Waals surface area contributed by atoms with Gasteiger partial charge in [0, 0.05) is 30.4 Å². The first kappa shape index (κ1) is 13.6. The van der Waals surface area contributed by atoms with Crippen molar-refractivity contribution in [3.8, 4) is 0 Å². The summed E-state index contributed by atoms with van der Waals surface area (Å²) in [6.07, 6.45) is 1.31. The average Bonchev–Trinajstić information content (AvgIpc) is 2.93. The Bertz CT molecular complexity index is 679. The highest BCUT2D eigenvalue weighted by Gasteiger charge is 2.26. The predicted octanol–water partition coefficient (Wildman–Crippen LogP) is 1.48. The van der Waals surface area contributed by atoms with Crippen molar-refractivity contribution in [2.45, 2.75) is 12.5 Å². The standard InChI is InChI=1S/C15H16N2O4/c18-14(19)8-12-9-17(5-6-21-12)15(20)11-2-1-10-3-4-16-13(10)7-11/h1-4,7,12,16H,5-6,8-9H2,(H,18,19). The normalized spacial score (nSPS) is 18.9. The van der Waals surface area contributed by atoms with Gasteiger partial charge in [-0.15, -0.1) is 0 Å². The SMILES string of the molecule is O=C(O)CC1CN(C(=O)c2ccc3cc[nH]c3c2)CCO1. The van der Waals surface area contributed by atoms with Crippen molar-refractivity contribution in [2.75, 3.05) is 19.7 Å².